The maximum Gasteiger partial charge on any atom is 0.573 e. The van der Waals surface area contributed by atoms with Gasteiger partial charge in [0.1, 0.15) is 11.6 Å². The molecule has 0 aromatic heterocycles. The van der Waals surface area contributed by atoms with Crippen LogP contribution in [0.15, 0.2) is 54.6 Å². The van der Waals surface area contributed by atoms with Crippen molar-refractivity contribution in [1.29, 1.82) is 0 Å². The van der Waals surface area contributed by atoms with E-state index in [1.807, 2.05) is 12.2 Å². The molecule has 0 amide bonds. The highest BCUT2D eigenvalue weighted by molar-refractivity contribution is 5.61. The van der Waals surface area contributed by atoms with Gasteiger partial charge in [0.25, 0.3) is 0 Å². The highest BCUT2D eigenvalue weighted by Crippen LogP contribution is 2.50. The van der Waals surface area contributed by atoms with Gasteiger partial charge in [0, 0.05) is 11.6 Å². The number of hydrogen-bond donors (Lipinski definition) is 1. The van der Waals surface area contributed by atoms with Crippen LogP contribution in [-0.2, 0) is 0 Å². The number of anilines is 1. The monoisotopic (exact) mass is 349 g/mol. The summed E-state index contributed by atoms with van der Waals surface area (Å²) < 4.78 is 54.7. The van der Waals surface area contributed by atoms with Crippen molar-refractivity contribution < 1.29 is 22.3 Å². The summed E-state index contributed by atoms with van der Waals surface area (Å²) in [5.74, 6) is -0.343. The van der Waals surface area contributed by atoms with Crippen molar-refractivity contribution in [2.45, 2.75) is 24.7 Å². The standard InChI is InChI=1S/C19H15F4NO/c20-12-6-4-11(5-7-12)18-15-3-1-2-14(15)16-10-13(25-19(21,22)23)8-9-17(16)24-18/h1-2,4-10,14-15,18,24H,3H2/t14-,15-,18+/m0/s1. The maximum absolute atomic E-state index is 13.2. The summed E-state index contributed by atoms with van der Waals surface area (Å²) in [6.45, 7) is 0. The van der Waals surface area contributed by atoms with Gasteiger partial charge in [0.05, 0.1) is 6.04 Å². The second kappa shape index (κ2) is 5.79. The largest absolute Gasteiger partial charge is 0.573 e. The van der Waals surface area contributed by atoms with Gasteiger partial charge >= 0.3 is 6.36 Å². The van der Waals surface area contributed by atoms with Crippen LogP contribution in [0, 0.1) is 11.7 Å². The van der Waals surface area contributed by atoms with Gasteiger partial charge in [0.2, 0.25) is 0 Å². The van der Waals surface area contributed by atoms with Gasteiger partial charge in [-0.15, -0.1) is 13.2 Å². The van der Waals surface area contributed by atoms with Gasteiger partial charge in [-0.25, -0.2) is 4.39 Å². The minimum Gasteiger partial charge on any atom is -0.406 e. The molecule has 1 heterocycles. The smallest absolute Gasteiger partial charge is 0.406 e. The average molecular weight is 349 g/mol. The van der Waals surface area contributed by atoms with E-state index in [9.17, 15) is 17.6 Å². The molecular weight excluding hydrogens is 334 g/mol. The lowest BCUT2D eigenvalue weighted by atomic mass is 9.77. The third-order valence-electron chi connectivity index (χ3n) is 4.80. The highest BCUT2D eigenvalue weighted by Gasteiger charge is 2.39. The van der Waals surface area contributed by atoms with E-state index in [2.05, 4.69) is 10.1 Å². The first-order valence-electron chi connectivity index (χ1n) is 7.99. The number of fused-ring (bicyclic) bond motifs is 3. The van der Waals surface area contributed by atoms with Crippen molar-refractivity contribution in [2.75, 3.05) is 5.32 Å². The van der Waals surface area contributed by atoms with Crippen molar-refractivity contribution in [3.63, 3.8) is 0 Å². The molecule has 0 fully saturated rings. The molecule has 0 saturated carbocycles. The van der Waals surface area contributed by atoms with Crippen molar-refractivity contribution in [2.24, 2.45) is 5.92 Å². The third-order valence-corrected chi connectivity index (χ3v) is 4.80. The molecule has 0 spiro atoms. The first kappa shape index (κ1) is 16.0. The fourth-order valence-electron chi connectivity index (χ4n) is 3.77. The van der Waals surface area contributed by atoms with Gasteiger partial charge in [-0.2, -0.15) is 0 Å². The molecule has 0 unspecified atom stereocenters. The van der Waals surface area contributed by atoms with Crippen LogP contribution in [0.4, 0.5) is 23.2 Å². The van der Waals surface area contributed by atoms with Gasteiger partial charge in [-0.1, -0.05) is 24.3 Å². The Morgan fingerprint density at radius 2 is 1.80 bits per heavy atom. The molecule has 2 aromatic carbocycles. The Morgan fingerprint density at radius 1 is 1.04 bits per heavy atom. The predicted octanol–water partition coefficient (Wildman–Crippen LogP) is 5.55. The lowest BCUT2D eigenvalue weighted by Gasteiger charge is -2.37. The Labute approximate surface area is 142 Å². The molecule has 4 rings (SSSR count). The quantitative estimate of drug-likeness (QED) is 0.567. The van der Waals surface area contributed by atoms with E-state index in [4.69, 9.17) is 0 Å². The second-order valence-electron chi connectivity index (χ2n) is 6.32. The summed E-state index contributed by atoms with van der Waals surface area (Å²) in [6, 6.07) is 10.7. The van der Waals surface area contributed by atoms with Crippen molar-refractivity contribution in [1.82, 2.24) is 0 Å². The van der Waals surface area contributed by atoms with Crippen molar-refractivity contribution >= 4 is 5.69 Å². The fraction of sp³-hybridized carbons (Fsp3) is 0.263. The zero-order valence-corrected chi connectivity index (χ0v) is 13.1. The highest BCUT2D eigenvalue weighted by atomic mass is 19.4. The number of halogens is 4. The molecule has 6 heteroatoms. The first-order valence-corrected chi connectivity index (χ1v) is 7.99. The number of rotatable bonds is 2. The number of allylic oxidation sites excluding steroid dienone is 2. The van der Waals surface area contributed by atoms with E-state index in [-0.39, 0.29) is 29.4 Å². The van der Waals surface area contributed by atoms with E-state index >= 15 is 0 Å². The average Bonchev–Trinajstić information content (AvgIpc) is 3.03. The molecule has 0 radical (unpaired) electrons. The number of nitrogens with one attached hydrogen (secondary N) is 1. The Morgan fingerprint density at radius 3 is 2.52 bits per heavy atom. The first-order chi connectivity index (χ1) is 11.9. The van der Waals surface area contributed by atoms with Crippen LogP contribution in [0.3, 0.4) is 0 Å². The topological polar surface area (TPSA) is 21.3 Å². The lowest BCUT2D eigenvalue weighted by molar-refractivity contribution is -0.274. The number of benzene rings is 2. The third kappa shape index (κ3) is 3.08. The van der Waals surface area contributed by atoms with Crippen LogP contribution in [0.25, 0.3) is 0 Å². The molecular formula is C19H15F4NO. The predicted molar refractivity (Wildman–Crippen MR) is 85.9 cm³/mol. The van der Waals surface area contributed by atoms with Crippen molar-refractivity contribution in [3.05, 3.63) is 71.6 Å². The van der Waals surface area contributed by atoms with Crippen LogP contribution < -0.4 is 10.1 Å². The molecule has 25 heavy (non-hydrogen) atoms. The van der Waals surface area contributed by atoms with Crippen LogP contribution >= 0.6 is 0 Å². The molecule has 1 N–H and O–H groups in total. The Balaban J connectivity index is 1.70. The fourth-order valence-corrected chi connectivity index (χ4v) is 3.77. The summed E-state index contributed by atoms with van der Waals surface area (Å²) in [5, 5.41) is 3.39. The summed E-state index contributed by atoms with van der Waals surface area (Å²) in [7, 11) is 0. The zero-order chi connectivity index (χ0) is 17.6. The summed E-state index contributed by atoms with van der Waals surface area (Å²) in [5.41, 5.74) is 2.52. The Hall–Kier alpha value is -2.50. The van der Waals surface area contributed by atoms with Crippen LogP contribution in [0.5, 0.6) is 5.75 Å². The van der Waals surface area contributed by atoms with Gasteiger partial charge < -0.3 is 10.1 Å². The molecule has 0 saturated heterocycles. The minimum atomic E-state index is -4.71. The van der Waals surface area contributed by atoms with E-state index in [1.165, 1.54) is 24.3 Å². The van der Waals surface area contributed by atoms with E-state index in [0.717, 1.165) is 23.2 Å². The molecule has 2 aliphatic rings. The van der Waals surface area contributed by atoms with Gasteiger partial charge in [0.15, 0.2) is 0 Å². The lowest BCUT2D eigenvalue weighted by Crippen LogP contribution is -2.29. The summed E-state index contributed by atoms with van der Waals surface area (Å²) in [4.78, 5) is 0. The minimum absolute atomic E-state index is 0.00286. The Kier molecular flexibility index (Phi) is 3.71. The molecule has 2 nitrogen and oxygen atoms in total. The number of hydrogen-bond acceptors (Lipinski definition) is 2. The molecule has 3 atom stereocenters. The van der Waals surface area contributed by atoms with Crippen LogP contribution in [-0.4, -0.2) is 6.36 Å². The summed E-state index contributed by atoms with van der Waals surface area (Å²) >= 11 is 0. The number of alkyl halides is 3. The SMILES string of the molecule is Fc1ccc([C@H]2Nc3ccc(OC(F)(F)F)cc3[C@H]3C=CC[C@@H]32)cc1. The maximum atomic E-state index is 13.2. The van der Waals surface area contributed by atoms with E-state index < -0.39 is 6.36 Å². The van der Waals surface area contributed by atoms with E-state index in [0.29, 0.717) is 0 Å². The molecule has 0 bridgehead atoms. The second-order valence-corrected chi connectivity index (χ2v) is 6.32. The number of ether oxygens (including phenoxy) is 1. The van der Waals surface area contributed by atoms with Crippen molar-refractivity contribution in [3.8, 4) is 5.75 Å². The normalized spacial score (nSPS) is 24.4. The van der Waals surface area contributed by atoms with Gasteiger partial charge in [-0.05, 0) is 53.8 Å². The molecule has 1 aliphatic heterocycles. The van der Waals surface area contributed by atoms with E-state index in [1.54, 1.807) is 18.2 Å². The molecule has 2 aromatic rings. The zero-order valence-electron chi connectivity index (χ0n) is 13.1. The van der Waals surface area contributed by atoms with Gasteiger partial charge in [-0.3, -0.25) is 0 Å². The summed E-state index contributed by atoms with van der Waals surface area (Å²) in [6.07, 6.45) is 0.166. The molecule has 1 aliphatic carbocycles. The Bertz CT molecular complexity index is 813. The van der Waals surface area contributed by atoms with Crippen LogP contribution in [0.1, 0.15) is 29.5 Å². The molecule has 130 valence electrons. The van der Waals surface area contributed by atoms with Crippen LogP contribution in [0.2, 0.25) is 0 Å².